The molecule has 0 spiro atoms. The molecule has 0 radical (unpaired) electrons. The first kappa shape index (κ1) is 24.3. The van der Waals surface area contributed by atoms with Crippen LogP contribution >= 0.6 is 0 Å². The van der Waals surface area contributed by atoms with E-state index in [0.717, 1.165) is 32.1 Å². The van der Waals surface area contributed by atoms with Crippen LogP contribution in [0, 0.1) is 34.6 Å². The molecule has 0 unspecified atom stereocenters. The fourth-order valence-electron chi connectivity index (χ4n) is 3.79. The van der Waals surface area contributed by atoms with Crippen molar-refractivity contribution >= 4 is 27.3 Å². The van der Waals surface area contributed by atoms with E-state index < -0.39 is 15.9 Å². The summed E-state index contributed by atoms with van der Waals surface area (Å²) in [6.07, 6.45) is 0. The first-order chi connectivity index (χ1) is 15.5. The number of benzene rings is 3. The van der Waals surface area contributed by atoms with Crippen molar-refractivity contribution in [2.75, 3.05) is 23.3 Å². The summed E-state index contributed by atoms with van der Waals surface area (Å²) in [5, 5.41) is 2.85. The molecule has 174 valence electrons. The number of nitrogens with one attached hydrogen (secondary N) is 1. The second-order valence-electron chi connectivity index (χ2n) is 8.38. The SMILES string of the molecule is COc1ccc(C)cc1S(=O)(=O)N(CC(=O)Nc1ccc(C)cc1C)c1cc(C)cc(C)c1. The molecule has 0 aromatic heterocycles. The number of hydrogen-bond donors (Lipinski definition) is 1. The average Bonchev–Trinajstić information content (AvgIpc) is 2.73. The monoisotopic (exact) mass is 466 g/mol. The Bertz CT molecular complexity index is 1280. The van der Waals surface area contributed by atoms with Crippen LogP contribution in [0.15, 0.2) is 59.5 Å². The molecule has 0 saturated heterocycles. The Morgan fingerprint density at radius 1 is 0.848 bits per heavy atom. The average molecular weight is 467 g/mol. The van der Waals surface area contributed by atoms with Gasteiger partial charge in [-0.05, 0) is 87.2 Å². The Hall–Kier alpha value is -3.32. The molecule has 1 N–H and O–H groups in total. The van der Waals surface area contributed by atoms with Crippen LogP contribution in [0.25, 0.3) is 0 Å². The molecule has 6 nitrogen and oxygen atoms in total. The van der Waals surface area contributed by atoms with E-state index in [1.165, 1.54) is 7.11 Å². The minimum Gasteiger partial charge on any atom is -0.495 e. The lowest BCUT2D eigenvalue weighted by atomic mass is 10.1. The Morgan fingerprint density at radius 2 is 1.45 bits per heavy atom. The smallest absolute Gasteiger partial charge is 0.268 e. The summed E-state index contributed by atoms with van der Waals surface area (Å²) in [6, 6.07) is 16.1. The third-order valence-corrected chi connectivity index (χ3v) is 7.12. The van der Waals surface area contributed by atoms with Gasteiger partial charge in [-0.1, -0.05) is 29.8 Å². The maximum atomic E-state index is 13.9. The third-order valence-electron chi connectivity index (χ3n) is 5.32. The molecule has 1 amide bonds. The van der Waals surface area contributed by atoms with Crippen molar-refractivity contribution in [3.8, 4) is 5.75 Å². The first-order valence-electron chi connectivity index (χ1n) is 10.6. The van der Waals surface area contributed by atoms with Crippen molar-refractivity contribution in [2.45, 2.75) is 39.5 Å². The molecule has 0 bridgehead atoms. The van der Waals surface area contributed by atoms with Crippen LogP contribution in [0.4, 0.5) is 11.4 Å². The van der Waals surface area contributed by atoms with E-state index in [4.69, 9.17) is 4.74 Å². The van der Waals surface area contributed by atoms with Crippen LogP contribution in [0.2, 0.25) is 0 Å². The lowest BCUT2D eigenvalue weighted by Crippen LogP contribution is -2.38. The van der Waals surface area contributed by atoms with Gasteiger partial charge in [-0.25, -0.2) is 8.42 Å². The van der Waals surface area contributed by atoms with Crippen LogP contribution in [0.1, 0.15) is 27.8 Å². The lowest BCUT2D eigenvalue weighted by molar-refractivity contribution is -0.114. The van der Waals surface area contributed by atoms with E-state index in [0.29, 0.717) is 11.4 Å². The van der Waals surface area contributed by atoms with E-state index >= 15 is 0 Å². The Labute approximate surface area is 196 Å². The molecule has 0 aliphatic heterocycles. The van der Waals surface area contributed by atoms with Crippen LogP contribution < -0.4 is 14.4 Å². The number of carbonyl (C=O) groups excluding carboxylic acids is 1. The Morgan fingerprint density at radius 3 is 2.06 bits per heavy atom. The van der Waals surface area contributed by atoms with Gasteiger partial charge in [-0.2, -0.15) is 0 Å². The van der Waals surface area contributed by atoms with Gasteiger partial charge in [-0.15, -0.1) is 0 Å². The Balaban J connectivity index is 2.07. The van der Waals surface area contributed by atoms with Gasteiger partial charge in [-0.3, -0.25) is 9.10 Å². The highest BCUT2D eigenvalue weighted by atomic mass is 32.2. The minimum atomic E-state index is -4.11. The van der Waals surface area contributed by atoms with Gasteiger partial charge >= 0.3 is 0 Å². The zero-order valence-corrected chi connectivity index (χ0v) is 20.7. The number of ether oxygens (including phenoxy) is 1. The summed E-state index contributed by atoms with van der Waals surface area (Å²) in [5.74, 6) is -0.207. The van der Waals surface area contributed by atoms with E-state index in [-0.39, 0.29) is 17.2 Å². The van der Waals surface area contributed by atoms with Crippen molar-refractivity contribution < 1.29 is 17.9 Å². The van der Waals surface area contributed by atoms with Gasteiger partial charge in [0.05, 0.1) is 12.8 Å². The second kappa shape index (κ2) is 9.67. The summed E-state index contributed by atoms with van der Waals surface area (Å²) in [4.78, 5) is 13.1. The molecule has 0 saturated carbocycles. The van der Waals surface area contributed by atoms with Crippen molar-refractivity contribution in [3.05, 3.63) is 82.4 Å². The summed E-state index contributed by atoms with van der Waals surface area (Å²) < 4.78 is 34.2. The highest BCUT2D eigenvalue weighted by Crippen LogP contribution is 2.32. The molecular weight excluding hydrogens is 436 g/mol. The first-order valence-corrected chi connectivity index (χ1v) is 12.1. The molecule has 0 heterocycles. The van der Waals surface area contributed by atoms with Crippen molar-refractivity contribution in [1.82, 2.24) is 0 Å². The molecule has 33 heavy (non-hydrogen) atoms. The van der Waals surface area contributed by atoms with Crippen LogP contribution in [0.3, 0.4) is 0 Å². The number of hydrogen-bond acceptors (Lipinski definition) is 4. The number of anilines is 2. The fourth-order valence-corrected chi connectivity index (χ4v) is 5.44. The Kier molecular flexibility index (Phi) is 7.12. The van der Waals surface area contributed by atoms with Crippen molar-refractivity contribution in [1.29, 1.82) is 0 Å². The number of nitrogens with zero attached hydrogens (tertiary/aromatic N) is 1. The zero-order valence-electron chi connectivity index (χ0n) is 19.9. The quantitative estimate of drug-likeness (QED) is 0.527. The molecule has 3 rings (SSSR count). The molecule has 7 heteroatoms. The number of aryl methyl sites for hydroxylation is 5. The molecular formula is C26H30N2O4S. The number of methoxy groups -OCH3 is 1. The number of amides is 1. The largest absolute Gasteiger partial charge is 0.495 e. The third kappa shape index (κ3) is 5.54. The standard InChI is InChI=1S/C26H30N2O4S/c1-17-7-9-23(21(5)12-17)27-26(29)16-28(22-13-19(3)11-20(4)14-22)33(30,31)25-15-18(2)8-10-24(25)32-6/h7-15H,16H2,1-6H3,(H,27,29). The highest BCUT2D eigenvalue weighted by Gasteiger charge is 2.30. The van der Waals surface area contributed by atoms with Gasteiger partial charge in [0.15, 0.2) is 0 Å². The van der Waals surface area contributed by atoms with Crippen molar-refractivity contribution in [3.63, 3.8) is 0 Å². The molecule has 3 aromatic rings. The van der Waals surface area contributed by atoms with E-state index in [1.807, 2.05) is 58.9 Å². The number of rotatable bonds is 7. The lowest BCUT2D eigenvalue weighted by Gasteiger charge is -2.26. The van der Waals surface area contributed by atoms with Gasteiger partial charge in [0.25, 0.3) is 10.0 Å². The van der Waals surface area contributed by atoms with Gasteiger partial charge in [0.2, 0.25) is 5.91 Å². The van der Waals surface area contributed by atoms with Crippen molar-refractivity contribution in [2.24, 2.45) is 0 Å². The molecule has 0 atom stereocenters. The topological polar surface area (TPSA) is 75.7 Å². The van der Waals surface area contributed by atoms with E-state index in [1.54, 1.807) is 30.3 Å². The maximum Gasteiger partial charge on any atom is 0.268 e. The summed E-state index contributed by atoms with van der Waals surface area (Å²) in [6.45, 7) is 9.09. The van der Waals surface area contributed by atoms with Gasteiger partial charge in [0, 0.05) is 5.69 Å². The summed E-state index contributed by atoms with van der Waals surface area (Å²) in [5.41, 5.74) is 5.63. The zero-order chi connectivity index (χ0) is 24.3. The van der Waals surface area contributed by atoms with Crippen LogP contribution in [-0.4, -0.2) is 28.0 Å². The molecule has 0 aliphatic rings. The summed E-state index contributed by atoms with van der Waals surface area (Å²) >= 11 is 0. The van der Waals surface area contributed by atoms with Crippen LogP contribution in [-0.2, 0) is 14.8 Å². The molecule has 0 fully saturated rings. The minimum absolute atomic E-state index is 0.0171. The predicted octanol–water partition coefficient (Wildman–Crippen LogP) is 5.07. The van der Waals surface area contributed by atoms with E-state index in [9.17, 15) is 13.2 Å². The molecule has 0 aliphatic carbocycles. The van der Waals surface area contributed by atoms with Gasteiger partial charge < -0.3 is 10.1 Å². The predicted molar refractivity (Wildman–Crippen MR) is 133 cm³/mol. The fraction of sp³-hybridized carbons (Fsp3) is 0.269. The van der Waals surface area contributed by atoms with Gasteiger partial charge in [0.1, 0.15) is 17.2 Å². The highest BCUT2D eigenvalue weighted by molar-refractivity contribution is 7.93. The molecule has 3 aromatic carbocycles. The van der Waals surface area contributed by atoms with E-state index in [2.05, 4.69) is 5.32 Å². The number of carbonyl (C=O) groups is 1. The normalized spacial score (nSPS) is 11.2. The second-order valence-corrected chi connectivity index (χ2v) is 10.2. The van der Waals surface area contributed by atoms with Crippen LogP contribution in [0.5, 0.6) is 5.75 Å². The maximum absolute atomic E-state index is 13.9. The summed E-state index contributed by atoms with van der Waals surface area (Å²) in [7, 11) is -2.68. The number of sulfonamides is 1.